The van der Waals surface area contributed by atoms with Crippen molar-refractivity contribution >= 4 is 0 Å². The molecule has 1 aliphatic rings. The lowest BCUT2D eigenvalue weighted by atomic mass is 10.0. The highest BCUT2D eigenvalue weighted by Gasteiger charge is 2.31. The zero-order valence-electron chi connectivity index (χ0n) is 9.88. The van der Waals surface area contributed by atoms with Gasteiger partial charge in [-0.15, -0.1) is 0 Å². The molecule has 14 heavy (non-hydrogen) atoms. The molecule has 3 nitrogen and oxygen atoms in total. The van der Waals surface area contributed by atoms with E-state index < -0.39 is 0 Å². The molecule has 0 radical (unpaired) electrons. The smallest absolute Gasteiger partial charge is 0.0623 e. The van der Waals surface area contributed by atoms with Crippen LogP contribution in [-0.2, 0) is 0 Å². The molecule has 1 fully saturated rings. The number of aliphatic hydroxyl groups is 1. The van der Waals surface area contributed by atoms with Gasteiger partial charge in [0.25, 0.3) is 0 Å². The number of likely N-dealkylation sites (tertiary alicyclic amines) is 1. The summed E-state index contributed by atoms with van der Waals surface area (Å²) in [5, 5.41) is 12.5. The molecule has 3 unspecified atom stereocenters. The van der Waals surface area contributed by atoms with E-state index in [0.717, 1.165) is 18.4 Å². The predicted octanol–water partition coefficient (Wildman–Crippen LogP) is 0.545. The van der Waals surface area contributed by atoms with E-state index in [1.165, 1.54) is 13.1 Å². The SMILES string of the molecule is CNC(C)(CO)CN1CC(C)C(C)C1. The Hall–Kier alpha value is -0.120. The van der Waals surface area contributed by atoms with Crippen LogP contribution >= 0.6 is 0 Å². The number of nitrogens with one attached hydrogen (secondary N) is 1. The summed E-state index contributed by atoms with van der Waals surface area (Å²) in [5.74, 6) is 1.57. The van der Waals surface area contributed by atoms with E-state index in [2.05, 4.69) is 31.0 Å². The van der Waals surface area contributed by atoms with Gasteiger partial charge in [0.05, 0.1) is 12.1 Å². The Bertz CT molecular complexity index is 170. The van der Waals surface area contributed by atoms with Gasteiger partial charge < -0.3 is 15.3 Å². The molecule has 1 saturated heterocycles. The number of likely N-dealkylation sites (N-methyl/N-ethyl adjacent to an activating group) is 1. The average molecular weight is 200 g/mol. The van der Waals surface area contributed by atoms with Gasteiger partial charge in [0.2, 0.25) is 0 Å². The van der Waals surface area contributed by atoms with Crippen LogP contribution in [0.4, 0.5) is 0 Å². The zero-order valence-corrected chi connectivity index (χ0v) is 9.88. The molecule has 1 rings (SSSR count). The summed E-state index contributed by atoms with van der Waals surface area (Å²) < 4.78 is 0. The van der Waals surface area contributed by atoms with Crippen LogP contribution < -0.4 is 5.32 Å². The van der Waals surface area contributed by atoms with Crippen LogP contribution in [0.25, 0.3) is 0 Å². The lowest BCUT2D eigenvalue weighted by Gasteiger charge is -2.31. The highest BCUT2D eigenvalue weighted by Crippen LogP contribution is 2.23. The lowest BCUT2D eigenvalue weighted by Crippen LogP contribution is -2.52. The number of aliphatic hydroxyl groups excluding tert-OH is 1. The van der Waals surface area contributed by atoms with Gasteiger partial charge in [-0.2, -0.15) is 0 Å². The monoisotopic (exact) mass is 200 g/mol. The number of hydrogen-bond acceptors (Lipinski definition) is 3. The minimum Gasteiger partial charge on any atom is -0.394 e. The second kappa shape index (κ2) is 4.60. The van der Waals surface area contributed by atoms with E-state index in [4.69, 9.17) is 0 Å². The van der Waals surface area contributed by atoms with Crippen molar-refractivity contribution in [1.82, 2.24) is 10.2 Å². The third-order valence-corrected chi connectivity index (χ3v) is 3.59. The van der Waals surface area contributed by atoms with E-state index in [1.54, 1.807) is 0 Å². The standard InChI is InChI=1S/C11H24N2O/c1-9-5-13(6-10(9)2)7-11(3,8-14)12-4/h9-10,12,14H,5-8H2,1-4H3. The van der Waals surface area contributed by atoms with Gasteiger partial charge in [0.1, 0.15) is 0 Å². The molecule has 0 aliphatic carbocycles. The number of hydrogen-bond donors (Lipinski definition) is 2. The van der Waals surface area contributed by atoms with Crippen molar-refractivity contribution in [1.29, 1.82) is 0 Å². The van der Waals surface area contributed by atoms with Crippen molar-refractivity contribution in [2.45, 2.75) is 26.3 Å². The molecule has 3 heteroatoms. The molecule has 0 amide bonds. The maximum Gasteiger partial charge on any atom is 0.0623 e. The Morgan fingerprint density at radius 2 is 1.86 bits per heavy atom. The second-order valence-electron chi connectivity index (χ2n) is 5.12. The highest BCUT2D eigenvalue weighted by molar-refractivity contribution is 4.88. The number of nitrogens with zero attached hydrogens (tertiary/aromatic N) is 1. The fourth-order valence-corrected chi connectivity index (χ4v) is 2.08. The van der Waals surface area contributed by atoms with Crippen LogP contribution in [0, 0.1) is 11.8 Å². The molecule has 0 aromatic carbocycles. The van der Waals surface area contributed by atoms with Crippen LogP contribution in [0.5, 0.6) is 0 Å². The van der Waals surface area contributed by atoms with Gasteiger partial charge >= 0.3 is 0 Å². The molecule has 1 heterocycles. The Labute approximate surface area is 87.5 Å². The van der Waals surface area contributed by atoms with E-state index >= 15 is 0 Å². The quantitative estimate of drug-likeness (QED) is 0.695. The fourth-order valence-electron chi connectivity index (χ4n) is 2.08. The first-order valence-electron chi connectivity index (χ1n) is 5.53. The summed E-state index contributed by atoms with van der Waals surface area (Å²) in [6.07, 6.45) is 0. The van der Waals surface area contributed by atoms with Crippen molar-refractivity contribution in [2.24, 2.45) is 11.8 Å². The van der Waals surface area contributed by atoms with Gasteiger partial charge in [0, 0.05) is 19.6 Å². The fraction of sp³-hybridized carbons (Fsp3) is 1.00. The summed E-state index contributed by atoms with van der Waals surface area (Å²) in [6.45, 7) is 10.1. The Kier molecular flexibility index (Phi) is 3.93. The molecule has 0 aromatic rings. The molecule has 0 saturated carbocycles. The first-order chi connectivity index (χ1) is 6.50. The van der Waals surface area contributed by atoms with Crippen LogP contribution in [0.1, 0.15) is 20.8 Å². The molecule has 0 spiro atoms. The highest BCUT2D eigenvalue weighted by atomic mass is 16.3. The third kappa shape index (κ3) is 2.69. The van der Waals surface area contributed by atoms with Crippen molar-refractivity contribution in [3.63, 3.8) is 0 Å². The summed E-state index contributed by atoms with van der Waals surface area (Å²) in [7, 11) is 1.92. The minimum absolute atomic E-state index is 0.149. The molecule has 2 N–H and O–H groups in total. The molecule has 3 atom stereocenters. The minimum atomic E-state index is -0.149. The maximum absolute atomic E-state index is 9.29. The van der Waals surface area contributed by atoms with E-state index in [9.17, 15) is 5.11 Å². The van der Waals surface area contributed by atoms with Gasteiger partial charge in [-0.3, -0.25) is 0 Å². The lowest BCUT2D eigenvalue weighted by molar-refractivity contribution is 0.136. The van der Waals surface area contributed by atoms with E-state index in [0.29, 0.717) is 0 Å². The summed E-state index contributed by atoms with van der Waals surface area (Å²) >= 11 is 0. The molecule has 0 aromatic heterocycles. The second-order valence-corrected chi connectivity index (χ2v) is 5.12. The largest absolute Gasteiger partial charge is 0.394 e. The van der Waals surface area contributed by atoms with Crippen molar-refractivity contribution in [2.75, 3.05) is 33.3 Å². The van der Waals surface area contributed by atoms with E-state index in [1.807, 2.05) is 7.05 Å². The van der Waals surface area contributed by atoms with Crippen molar-refractivity contribution in [3.05, 3.63) is 0 Å². The molecule has 0 bridgehead atoms. The van der Waals surface area contributed by atoms with Crippen molar-refractivity contribution < 1.29 is 5.11 Å². The molecular formula is C11H24N2O. The number of rotatable bonds is 4. The maximum atomic E-state index is 9.29. The van der Waals surface area contributed by atoms with E-state index in [-0.39, 0.29) is 12.1 Å². The van der Waals surface area contributed by atoms with Gasteiger partial charge in [-0.1, -0.05) is 13.8 Å². The molecule has 1 aliphatic heterocycles. The molecular weight excluding hydrogens is 176 g/mol. The average Bonchev–Trinajstić information content (AvgIpc) is 2.45. The van der Waals surface area contributed by atoms with Crippen LogP contribution in [-0.4, -0.2) is 48.8 Å². The van der Waals surface area contributed by atoms with Crippen LogP contribution in [0.15, 0.2) is 0 Å². The van der Waals surface area contributed by atoms with Gasteiger partial charge in [0.15, 0.2) is 0 Å². The van der Waals surface area contributed by atoms with Crippen LogP contribution in [0.2, 0.25) is 0 Å². The Morgan fingerprint density at radius 1 is 1.36 bits per heavy atom. The zero-order chi connectivity index (χ0) is 10.8. The predicted molar refractivity (Wildman–Crippen MR) is 59.3 cm³/mol. The van der Waals surface area contributed by atoms with Gasteiger partial charge in [-0.05, 0) is 25.8 Å². The first kappa shape index (κ1) is 12.0. The van der Waals surface area contributed by atoms with Gasteiger partial charge in [-0.25, -0.2) is 0 Å². The van der Waals surface area contributed by atoms with Crippen molar-refractivity contribution in [3.8, 4) is 0 Å². The summed E-state index contributed by atoms with van der Waals surface area (Å²) in [5.41, 5.74) is -0.149. The molecule has 84 valence electrons. The first-order valence-corrected chi connectivity index (χ1v) is 5.53. The topological polar surface area (TPSA) is 35.5 Å². The Balaban J connectivity index is 2.45. The normalized spacial score (nSPS) is 33.2. The van der Waals surface area contributed by atoms with Crippen LogP contribution in [0.3, 0.4) is 0 Å². The summed E-state index contributed by atoms with van der Waals surface area (Å²) in [4.78, 5) is 2.45. The Morgan fingerprint density at radius 3 is 2.21 bits per heavy atom. The summed E-state index contributed by atoms with van der Waals surface area (Å²) in [6, 6.07) is 0. The third-order valence-electron chi connectivity index (χ3n) is 3.59.